The number of nitrogens with one attached hydrogen (secondary N) is 2. The molecule has 0 heterocycles. The van der Waals surface area contributed by atoms with Crippen LogP contribution in [-0.2, 0) is 16.6 Å². The Balaban J connectivity index is 1.29. The van der Waals surface area contributed by atoms with Gasteiger partial charge in [0.1, 0.15) is 24.7 Å². The quantitative estimate of drug-likeness (QED) is 0.120. The molecule has 5 N–H and O–H groups in total. The summed E-state index contributed by atoms with van der Waals surface area (Å²) in [5, 5.41) is 32.4. The molecule has 4 rings (SSSR count). The monoisotopic (exact) mass is 620 g/mol. The molecule has 0 aliphatic heterocycles. The molecule has 230 valence electrons. The molecular weight excluding hydrogens is 588 g/mol. The molecule has 0 aliphatic rings. The highest BCUT2D eigenvalue weighted by atomic mass is 32.2. The van der Waals surface area contributed by atoms with Crippen LogP contribution in [0.3, 0.4) is 0 Å². The maximum atomic E-state index is 11.9. The number of aliphatic hydroxyl groups excluding tert-OH is 1. The molecule has 0 fully saturated rings. The van der Waals surface area contributed by atoms with E-state index in [1.54, 1.807) is 48.5 Å². The van der Waals surface area contributed by atoms with Gasteiger partial charge in [0.2, 0.25) is 10.0 Å². The van der Waals surface area contributed by atoms with Crippen LogP contribution in [0.4, 0.5) is 5.69 Å². The number of hydrogen-bond acceptors (Lipinski definition) is 8. The zero-order valence-corrected chi connectivity index (χ0v) is 24.6. The molecule has 0 aliphatic carbocycles. The van der Waals surface area contributed by atoms with Crippen LogP contribution in [0, 0.1) is 0 Å². The maximum Gasteiger partial charge on any atom is 0.336 e. The van der Waals surface area contributed by atoms with E-state index in [0.717, 1.165) is 11.8 Å². The summed E-state index contributed by atoms with van der Waals surface area (Å²) < 4.78 is 37.9. The van der Waals surface area contributed by atoms with E-state index in [1.807, 2.05) is 30.3 Å². The third-order valence-electron chi connectivity index (χ3n) is 6.47. The normalized spacial score (nSPS) is 11.9. The number of benzene rings is 4. The highest BCUT2D eigenvalue weighted by Gasteiger charge is 2.17. The Morgan fingerprint density at radius 2 is 1.50 bits per heavy atom. The third kappa shape index (κ3) is 9.04. The number of carboxylic acid groups (broad SMARTS) is 2. The van der Waals surface area contributed by atoms with Crippen LogP contribution in [0.1, 0.15) is 37.9 Å². The first-order valence-electron chi connectivity index (χ1n) is 13.5. The second-order valence-electron chi connectivity index (χ2n) is 9.87. The van der Waals surface area contributed by atoms with Gasteiger partial charge in [-0.1, -0.05) is 54.6 Å². The minimum absolute atomic E-state index is 0.184. The Labute approximate surface area is 254 Å². The number of ether oxygens (including phenoxy) is 2. The minimum Gasteiger partial charge on any atom is -0.492 e. The predicted octanol–water partition coefficient (Wildman–Crippen LogP) is 4.40. The van der Waals surface area contributed by atoms with Crippen molar-refractivity contribution in [3.63, 3.8) is 0 Å². The smallest absolute Gasteiger partial charge is 0.336 e. The van der Waals surface area contributed by atoms with Crippen LogP contribution in [0.25, 0.3) is 11.1 Å². The van der Waals surface area contributed by atoms with Gasteiger partial charge in [0.15, 0.2) is 0 Å². The summed E-state index contributed by atoms with van der Waals surface area (Å²) in [7, 11) is -3.59. The molecular formula is C32H32N2O9S. The fraction of sp³-hybridized carbons (Fsp3) is 0.188. The number of sulfonamides is 1. The number of aliphatic hydroxyl groups is 1. The molecule has 0 aromatic heterocycles. The number of carbonyl (C=O) groups is 2. The summed E-state index contributed by atoms with van der Waals surface area (Å²) in [5.41, 5.74) is 2.32. The van der Waals surface area contributed by atoms with Crippen LogP contribution in [0.2, 0.25) is 0 Å². The number of anilines is 1. The first kappa shape index (κ1) is 32.0. The highest BCUT2D eigenvalue weighted by molar-refractivity contribution is 7.92. The lowest BCUT2D eigenvalue weighted by Gasteiger charge is -2.17. The molecule has 0 radical (unpaired) electrons. The van der Waals surface area contributed by atoms with Crippen LogP contribution in [0.5, 0.6) is 11.5 Å². The molecule has 1 unspecified atom stereocenters. The zero-order chi connectivity index (χ0) is 31.7. The molecule has 0 spiro atoms. The van der Waals surface area contributed by atoms with Crippen molar-refractivity contribution in [1.82, 2.24) is 5.32 Å². The van der Waals surface area contributed by atoms with E-state index >= 15 is 0 Å². The Hall–Kier alpha value is -4.91. The lowest BCUT2D eigenvalue weighted by atomic mass is 9.99. The van der Waals surface area contributed by atoms with E-state index in [0.29, 0.717) is 34.7 Å². The molecule has 4 aromatic carbocycles. The average Bonchev–Trinajstić information content (AvgIpc) is 2.99. The summed E-state index contributed by atoms with van der Waals surface area (Å²) >= 11 is 0. The summed E-state index contributed by atoms with van der Waals surface area (Å²) in [6, 6.07) is 25.3. The summed E-state index contributed by atoms with van der Waals surface area (Å²) in [6.45, 7) is 1.12. The molecule has 0 bridgehead atoms. The second kappa shape index (κ2) is 14.5. The van der Waals surface area contributed by atoms with E-state index in [2.05, 4.69) is 10.0 Å². The van der Waals surface area contributed by atoms with Crippen LogP contribution >= 0.6 is 0 Å². The van der Waals surface area contributed by atoms with Crippen molar-refractivity contribution < 1.29 is 42.8 Å². The van der Waals surface area contributed by atoms with Gasteiger partial charge >= 0.3 is 11.9 Å². The van der Waals surface area contributed by atoms with Crippen molar-refractivity contribution in [3.05, 3.63) is 113 Å². The fourth-order valence-corrected chi connectivity index (χ4v) is 4.88. The lowest BCUT2D eigenvalue weighted by Crippen LogP contribution is -2.26. The van der Waals surface area contributed by atoms with Gasteiger partial charge in [-0.3, -0.25) is 4.72 Å². The van der Waals surface area contributed by atoms with E-state index in [-0.39, 0.29) is 36.6 Å². The van der Waals surface area contributed by atoms with Gasteiger partial charge in [0, 0.05) is 13.1 Å². The van der Waals surface area contributed by atoms with Gasteiger partial charge in [-0.2, -0.15) is 0 Å². The average molecular weight is 621 g/mol. The first-order valence-corrected chi connectivity index (χ1v) is 15.4. The fourth-order valence-electron chi connectivity index (χ4n) is 4.32. The first-order chi connectivity index (χ1) is 21.0. The van der Waals surface area contributed by atoms with Crippen molar-refractivity contribution in [2.75, 3.05) is 30.7 Å². The van der Waals surface area contributed by atoms with Crippen molar-refractivity contribution in [3.8, 4) is 22.6 Å². The van der Waals surface area contributed by atoms with E-state index in [1.165, 1.54) is 12.1 Å². The summed E-state index contributed by atoms with van der Waals surface area (Å²) in [4.78, 5) is 22.8. The predicted molar refractivity (Wildman–Crippen MR) is 165 cm³/mol. The Morgan fingerprint density at radius 3 is 2.16 bits per heavy atom. The van der Waals surface area contributed by atoms with Crippen molar-refractivity contribution in [2.24, 2.45) is 0 Å². The molecule has 12 heteroatoms. The van der Waals surface area contributed by atoms with Crippen LogP contribution < -0.4 is 19.5 Å². The molecule has 1 atom stereocenters. The summed E-state index contributed by atoms with van der Waals surface area (Å²) in [6.07, 6.45) is 0.112. The molecule has 0 amide bonds. The second-order valence-corrected chi connectivity index (χ2v) is 11.6. The third-order valence-corrected chi connectivity index (χ3v) is 7.06. The molecule has 0 saturated heterocycles. The summed E-state index contributed by atoms with van der Waals surface area (Å²) in [5.74, 6) is -1.73. The van der Waals surface area contributed by atoms with Gasteiger partial charge in [-0.25, -0.2) is 18.0 Å². The van der Waals surface area contributed by atoms with Crippen molar-refractivity contribution in [1.29, 1.82) is 0 Å². The maximum absolute atomic E-state index is 11.9. The van der Waals surface area contributed by atoms with Gasteiger partial charge in [0.05, 0.1) is 29.2 Å². The zero-order valence-electron chi connectivity index (χ0n) is 23.8. The van der Waals surface area contributed by atoms with Gasteiger partial charge in [-0.15, -0.1) is 0 Å². The van der Waals surface area contributed by atoms with E-state index < -0.39 is 28.1 Å². The molecule has 4 aromatic rings. The number of aromatic carboxylic acids is 2. The van der Waals surface area contributed by atoms with Gasteiger partial charge < -0.3 is 30.1 Å². The van der Waals surface area contributed by atoms with Crippen LogP contribution in [0.15, 0.2) is 91.0 Å². The van der Waals surface area contributed by atoms with E-state index in [9.17, 15) is 33.3 Å². The number of carboxylic acids is 2. The van der Waals surface area contributed by atoms with Crippen molar-refractivity contribution in [2.45, 2.75) is 12.7 Å². The van der Waals surface area contributed by atoms with Crippen LogP contribution in [-0.4, -0.2) is 61.6 Å². The minimum atomic E-state index is -3.59. The largest absolute Gasteiger partial charge is 0.492 e. The number of hydrogen-bond donors (Lipinski definition) is 5. The molecule has 11 nitrogen and oxygen atoms in total. The SMILES string of the molecule is CS(=O)(=O)Nc1cc(C(O)CNCCOc2ccc(-c3ccc(C(=O)O)c(C(=O)O)c3)cc2)ccc1OCc1ccccc1. The standard InChI is InChI=1S/C32H32N2O9S/c1-44(40,41)34-28-18-24(10-14-30(28)43-20-21-5-3-2-4-6-21)29(35)19-33-15-16-42-25-11-7-22(8-12-25)23-9-13-26(31(36)37)27(17-23)32(38)39/h2-14,17-18,29,33-35H,15-16,19-20H2,1H3,(H,36,37)(H,38,39). The van der Waals surface area contributed by atoms with E-state index in [4.69, 9.17) is 9.47 Å². The van der Waals surface area contributed by atoms with Crippen molar-refractivity contribution >= 4 is 27.6 Å². The van der Waals surface area contributed by atoms with Gasteiger partial charge in [0.25, 0.3) is 0 Å². The number of rotatable bonds is 15. The molecule has 44 heavy (non-hydrogen) atoms. The Kier molecular flexibility index (Phi) is 10.6. The highest BCUT2D eigenvalue weighted by Crippen LogP contribution is 2.30. The molecule has 0 saturated carbocycles. The Bertz CT molecular complexity index is 1710. The topological polar surface area (TPSA) is 171 Å². The Morgan fingerprint density at radius 1 is 0.818 bits per heavy atom. The lowest BCUT2D eigenvalue weighted by molar-refractivity contribution is 0.0651. The van der Waals surface area contributed by atoms with Gasteiger partial charge in [-0.05, 0) is 58.7 Å².